The van der Waals surface area contributed by atoms with E-state index >= 15 is 0 Å². The molecule has 2 aromatic heterocycles. The van der Waals surface area contributed by atoms with Crippen molar-refractivity contribution in [2.45, 2.75) is 26.8 Å². The van der Waals surface area contributed by atoms with Crippen molar-refractivity contribution in [2.24, 2.45) is 0 Å². The van der Waals surface area contributed by atoms with Gasteiger partial charge in [-0.3, -0.25) is 9.59 Å². The third kappa shape index (κ3) is 4.46. The molecule has 0 bridgehead atoms. The van der Waals surface area contributed by atoms with Crippen molar-refractivity contribution >= 4 is 34.5 Å². The lowest BCUT2D eigenvalue weighted by Gasteiger charge is -2.09. The standard InChI is InChI=1S/C22H22N2O4S/c1-14-6-8-16(9-7-14)19-15(2)29-21(20(19)22(27)28-3)23-18(26)10-12-24-11-4-5-17(24)13-25/h4-9,11,13H,10,12H2,1-3H3,(H,23,26). The number of aromatic nitrogens is 1. The van der Waals surface area contributed by atoms with Gasteiger partial charge in [-0.25, -0.2) is 4.79 Å². The predicted octanol–water partition coefficient (Wildman–Crippen LogP) is 4.46. The van der Waals surface area contributed by atoms with Gasteiger partial charge in [0.1, 0.15) is 10.6 Å². The van der Waals surface area contributed by atoms with E-state index < -0.39 is 5.97 Å². The number of carbonyl (C=O) groups excluding carboxylic acids is 3. The number of amides is 1. The molecule has 0 saturated heterocycles. The first kappa shape index (κ1) is 20.5. The van der Waals surface area contributed by atoms with Gasteiger partial charge in [-0.2, -0.15) is 0 Å². The summed E-state index contributed by atoms with van der Waals surface area (Å²) in [5.74, 6) is -0.730. The molecule has 0 unspecified atom stereocenters. The van der Waals surface area contributed by atoms with Crippen LogP contribution in [0.5, 0.6) is 0 Å². The van der Waals surface area contributed by atoms with Crippen LogP contribution in [-0.4, -0.2) is 29.8 Å². The van der Waals surface area contributed by atoms with Crippen LogP contribution in [0.3, 0.4) is 0 Å². The number of aryl methyl sites for hydroxylation is 3. The van der Waals surface area contributed by atoms with Gasteiger partial charge in [-0.1, -0.05) is 29.8 Å². The van der Waals surface area contributed by atoms with Gasteiger partial charge in [0.15, 0.2) is 6.29 Å². The smallest absolute Gasteiger partial charge is 0.341 e. The number of nitrogens with one attached hydrogen (secondary N) is 1. The van der Waals surface area contributed by atoms with E-state index in [2.05, 4.69) is 5.32 Å². The van der Waals surface area contributed by atoms with Crippen LogP contribution < -0.4 is 5.32 Å². The minimum absolute atomic E-state index is 0.174. The van der Waals surface area contributed by atoms with Crippen molar-refractivity contribution in [3.05, 3.63) is 64.3 Å². The first-order chi connectivity index (χ1) is 13.9. The fourth-order valence-electron chi connectivity index (χ4n) is 3.15. The first-order valence-corrected chi connectivity index (χ1v) is 9.95. The Morgan fingerprint density at radius 3 is 2.55 bits per heavy atom. The zero-order valence-corrected chi connectivity index (χ0v) is 17.3. The van der Waals surface area contributed by atoms with Gasteiger partial charge in [0, 0.05) is 29.6 Å². The van der Waals surface area contributed by atoms with Crippen molar-refractivity contribution in [3.8, 4) is 11.1 Å². The fraction of sp³-hybridized carbons (Fsp3) is 0.227. The van der Waals surface area contributed by atoms with E-state index in [1.165, 1.54) is 18.4 Å². The van der Waals surface area contributed by atoms with Gasteiger partial charge >= 0.3 is 5.97 Å². The molecule has 0 aliphatic rings. The molecular weight excluding hydrogens is 388 g/mol. The lowest BCUT2D eigenvalue weighted by molar-refractivity contribution is -0.116. The summed E-state index contributed by atoms with van der Waals surface area (Å²) in [5, 5.41) is 3.32. The number of aldehydes is 1. The summed E-state index contributed by atoms with van der Waals surface area (Å²) in [7, 11) is 1.33. The monoisotopic (exact) mass is 410 g/mol. The summed E-state index contributed by atoms with van der Waals surface area (Å²) in [6, 6.07) is 11.3. The number of carbonyl (C=O) groups is 3. The van der Waals surface area contributed by atoms with Crippen molar-refractivity contribution in [1.82, 2.24) is 4.57 Å². The molecule has 150 valence electrons. The summed E-state index contributed by atoms with van der Waals surface area (Å²) in [6.07, 6.45) is 2.68. The number of benzene rings is 1. The maximum absolute atomic E-state index is 12.5. The summed E-state index contributed by atoms with van der Waals surface area (Å²) in [6.45, 7) is 4.28. The van der Waals surface area contributed by atoms with E-state index in [0.29, 0.717) is 22.8 Å². The van der Waals surface area contributed by atoms with Gasteiger partial charge in [-0.15, -0.1) is 11.3 Å². The van der Waals surface area contributed by atoms with Crippen LogP contribution in [0.4, 0.5) is 5.00 Å². The topological polar surface area (TPSA) is 77.4 Å². The minimum atomic E-state index is -0.492. The molecule has 3 aromatic rings. The van der Waals surface area contributed by atoms with Crippen LogP contribution in [0.2, 0.25) is 0 Å². The van der Waals surface area contributed by atoms with E-state index in [-0.39, 0.29) is 12.3 Å². The van der Waals surface area contributed by atoms with Gasteiger partial charge in [0.2, 0.25) is 5.91 Å². The summed E-state index contributed by atoms with van der Waals surface area (Å²) in [5.41, 5.74) is 3.66. The van der Waals surface area contributed by atoms with Crippen LogP contribution in [0.1, 0.15) is 37.7 Å². The summed E-state index contributed by atoms with van der Waals surface area (Å²) >= 11 is 1.35. The molecular formula is C22H22N2O4S. The summed E-state index contributed by atoms with van der Waals surface area (Å²) in [4.78, 5) is 36.9. The molecule has 0 aliphatic heterocycles. The second kappa shape index (κ2) is 8.87. The number of esters is 1. The highest BCUT2D eigenvalue weighted by molar-refractivity contribution is 7.17. The Balaban J connectivity index is 1.86. The number of nitrogens with zero attached hydrogens (tertiary/aromatic N) is 1. The molecule has 6 nitrogen and oxygen atoms in total. The lowest BCUT2D eigenvalue weighted by atomic mass is 10.0. The number of methoxy groups -OCH3 is 1. The SMILES string of the molecule is COC(=O)c1c(NC(=O)CCn2cccc2C=O)sc(C)c1-c1ccc(C)cc1. The zero-order valence-electron chi connectivity index (χ0n) is 16.5. The molecule has 1 aromatic carbocycles. The molecule has 1 amide bonds. The van der Waals surface area contributed by atoms with Gasteiger partial charge in [0.25, 0.3) is 0 Å². The van der Waals surface area contributed by atoms with Crippen molar-refractivity contribution in [1.29, 1.82) is 0 Å². The number of rotatable bonds is 7. The maximum Gasteiger partial charge on any atom is 0.341 e. The third-order valence-electron chi connectivity index (χ3n) is 4.63. The van der Waals surface area contributed by atoms with Crippen molar-refractivity contribution in [3.63, 3.8) is 0 Å². The summed E-state index contributed by atoms with van der Waals surface area (Å²) < 4.78 is 6.69. The zero-order chi connectivity index (χ0) is 21.0. The first-order valence-electron chi connectivity index (χ1n) is 9.13. The number of hydrogen-bond acceptors (Lipinski definition) is 5. The lowest BCUT2D eigenvalue weighted by Crippen LogP contribution is -2.16. The van der Waals surface area contributed by atoms with Crippen LogP contribution in [0.25, 0.3) is 11.1 Å². The molecule has 0 aliphatic carbocycles. The van der Waals surface area contributed by atoms with Crippen molar-refractivity contribution in [2.75, 3.05) is 12.4 Å². The average molecular weight is 410 g/mol. The van der Waals surface area contributed by atoms with E-state index in [1.54, 1.807) is 22.9 Å². The molecule has 3 rings (SSSR count). The van der Waals surface area contributed by atoms with Crippen LogP contribution >= 0.6 is 11.3 Å². The van der Waals surface area contributed by atoms with Crippen molar-refractivity contribution < 1.29 is 19.1 Å². The van der Waals surface area contributed by atoms with E-state index in [1.807, 2.05) is 38.1 Å². The molecule has 0 radical (unpaired) electrons. The Labute approximate surface area is 173 Å². The van der Waals surface area contributed by atoms with Crippen LogP contribution in [-0.2, 0) is 16.1 Å². The number of anilines is 1. The predicted molar refractivity (Wildman–Crippen MR) is 114 cm³/mol. The number of hydrogen-bond donors (Lipinski definition) is 1. The normalized spacial score (nSPS) is 10.6. The third-order valence-corrected chi connectivity index (χ3v) is 5.65. The average Bonchev–Trinajstić information content (AvgIpc) is 3.30. The molecule has 0 fully saturated rings. The Bertz CT molecular complexity index is 1050. The highest BCUT2D eigenvalue weighted by Gasteiger charge is 2.25. The largest absolute Gasteiger partial charge is 0.465 e. The van der Waals surface area contributed by atoms with E-state index in [9.17, 15) is 14.4 Å². The number of thiophene rings is 1. The Hall–Kier alpha value is -3.19. The molecule has 1 N–H and O–H groups in total. The Kier molecular flexibility index (Phi) is 6.29. The molecule has 7 heteroatoms. The van der Waals surface area contributed by atoms with Gasteiger partial charge < -0.3 is 14.6 Å². The molecule has 0 spiro atoms. The van der Waals surface area contributed by atoms with Gasteiger partial charge in [-0.05, 0) is 31.5 Å². The molecule has 29 heavy (non-hydrogen) atoms. The van der Waals surface area contributed by atoms with E-state index in [4.69, 9.17) is 4.74 Å². The highest BCUT2D eigenvalue weighted by atomic mass is 32.1. The van der Waals surface area contributed by atoms with E-state index in [0.717, 1.165) is 27.9 Å². The fourth-order valence-corrected chi connectivity index (χ4v) is 4.23. The van der Waals surface area contributed by atoms with Gasteiger partial charge in [0.05, 0.1) is 12.8 Å². The minimum Gasteiger partial charge on any atom is -0.465 e. The second-order valence-electron chi connectivity index (χ2n) is 6.64. The highest BCUT2D eigenvalue weighted by Crippen LogP contribution is 2.40. The van der Waals surface area contributed by atoms with Crippen LogP contribution in [0, 0.1) is 13.8 Å². The Morgan fingerprint density at radius 1 is 1.17 bits per heavy atom. The molecule has 2 heterocycles. The molecule has 0 saturated carbocycles. The van der Waals surface area contributed by atoms with Crippen LogP contribution in [0.15, 0.2) is 42.6 Å². The second-order valence-corrected chi connectivity index (χ2v) is 7.86. The Morgan fingerprint density at radius 2 is 1.90 bits per heavy atom. The quantitative estimate of drug-likeness (QED) is 0.461. The maximum atomic E-state index is 12.5. The number of ether oxygens (including phenoxy) is 1. The molecule has 0 atom stereocenters.